The molecule has 0 fully saturated rings. The monoisotopic (exact) mass is 325 g/mol. The third kappa shape index (κ3) is 3.59. The van der Waals surface area contributed by atoms with Gasteiger partial charge in [-0.1, -0.05) is 11.6 Å². The van der Waals surface area contributed by atoms with Crippen LogP contribution in [0, 0.1) is 17.0 Å². The average molecular weight is 326 g/mol. The molecule has 5 nitrogen and oxygen atoms in total. The number of nitrogens with zero attached hydrogens (tertiary/aromatic N) is 1. The third-order valence-corrected chi connectivity index (χ3v) is 4.12. The Morgan fingerprint density at radius 3 is 2.67 bits per heavy atom. The average Bonchev–Trinajstić information content (AvgIpc) is 2.86. The molecule has 0 N–H and O–H groups in total. The Morgan fingerprint density at radius 2 is 2.10 bits per heavy atom. The summed E-state index contributed by atoms with van der Waals surface area (Å²) in [5.74, 6) is 0.116. The molecule has 0 aliphatic carbocycles. The van der Waals surface area contributed by atoms with Gasteiger partial charge >= 0.3 is 0 Å². The number of nitro benzene ring substituents is 1. The highest BCUT2D eigenvalue weighted by Gasteiger charge is 2.20. The highest BCUT2D eigenvalue weighted by molar-refractivity contribution is 7.18. The molecule has 0 spiro atoms. The molecule has 1 aromatic heterocycles. The Hall–Kier alpha value is -1.92. The lowest BCUT2D eigenvalue weighted by molar-refractivity contribution is -0.385. The molecule has 0 aliphatic heterocycles. The standard InChI is InChI=1S/C14H12ClNO4S/c1-8-3-4-10(16(18)19)7-11(8)20-9(2)14(17)12-5-6-13(15)21-12/h3-7,9H,1-2H3. The van der Waals surface area contributed by atoms with Crippen LogP contribution in [0.5, 0.6) is 5.75 Å². The summed E-state index contributed by atoms with van der Waals surface area (Å²) >= 11 is 6.98. The summed E-state index contributed by atoms with van der Waals surface area (Å²) in [6.45, 7) is 3.37. The lowest BCUT2D eigenvalue weighted by Gasteiger charge is -2.14. The van der Waals surface area contributed by atoms with E-state index in [1.54, 1.807) is 32.0 Å². The smallest absolute Gasteiger partial charge is 0.273 e. The quantitative estimate of drug-likeness (QED) is 0.467. The number of carbonyl (C=O) groups is 1. The summed E-state index contributed by atoms with van der Waals surface area (Å²) in [6, 6.07) is 7.58. The number of carbonyl (C=O) groups excluding carboxylic acids is 1. The zero-order chi connectivity index (χ0) is 15.6. The second-order valence-electron chi connectivity index (χ2n) is 4.43. The second kappa shape index (κ2) is 6.24. The van der Waals surface area contributed by atoms with Crippen LogP contribution in [-0.2, 0) is 0 Å². The van der Waals surface area contributed by atoms with Gasteiger partial charge in [-0.2, -0.15) is 0 Å². The van der Waals surface area contributed by atoms with Crippen molar-refractivity contribution in [3.05, 3.63) is 55.2 Å². The van der Waals surface area contributed by atoms with Crippen LogP contribution in [0.25, 0.3) is 0 Å². The number of ether oxygens (including phenoxy) is 1. The first-order chi connectivity index (χ1) is 9.88. The van der Waals surface area contributed by atoms with Gasteiger partial charge in [-0.15, -0.1) is 11.3 Å². The Morgan fingerprint density at radius 1 is 1.38 bits per heavy atom. The maximum Gasteiger partial charge on any atom is 0.273 e. The molecule has 1 heterocycles. The number of aryl methyl sites for hydroxylation is 1. The van der Waals surface area contributed by atoms with E-state index in [1.165, 1.54) is 23.5 Å². The number of halogens is 1. The maximum absolute atomic E-state index is 12.2. The highest BCUT2D eigenvalue weighted by Crippen LogP contribution is 2.27. The minimum absolute atomic E-state index is 0.0746. The van der Waals surface area contributed by atoms with Crippen molar-refractivity contribution in [1.29, 1.82) is 0 Å². The van der Waals surface area contributed by atoms with Crippen LogP contribution in [0.4, 0.5) is 5.69 Å². The van der Waals surface area contributed by atoms with Gasteiger partial charge in [-0.05, 0) is 37.6 Å². The van der Waals surface area contributed by atoms with Crippen LogP contribution in [0.15, 0.2) is 30.3 Å². The van der Waals surface area contributed by atoms with Crippen LogP contribution < -0.4 is 4.74 Å². The largest absolute Gasteiger partial charge is 0.482 e. The number of nitro groups is 1. The number of ketones is 1. The van der Waals surface area contributed by atoms with Gasteiger partial charge in [0.2, 0.25) is 5.78 Å². The summed E-state index contributed by atoms with van der Waals surface area (Å²) in [6.07, 6.45) is -0.750. The van der Waals surface area contributed by atoms with Crippen molar-refractivity contribution in [2.24, 2.45) is 0 Å². The molecule has 0 bridgehead atoms. The minimum atomic E-state index is -0.750. The first-order valence-corrected chi connectivity index (χ1v) is 7.29. The molecule has 7 heteroatoms. The normalized spacial score (nSPS) is 12.0. The van der Waals surface area contributed by atoms with Gasteiger partial charge < -0.3 is 4.74 Å². The van der Waals surface area contributed by atoms with Crippen LogP contribution in [0.1, 0.15) is 22.2 Å². The van der Waals surface area contributed by atoms with Crippen molar-refractivity contribution in [3.8, 4) is 5.75 Å². The third-order valence-electron chi connectivity index (χ3n) is 2.87. The van der Waals surface area contributed by atoms with Crippen molar-refractivity contribution >= 4 is 34.4 Å². The molecule has 0 amide bonds. The molecular formula is C14H12ClNO4S. The SMILES string of the molecule is Cc1ccc([N+](=O)[O-])cc1OC(C)C(=O)c1ccc(Cl)s1. The number of Topliss-reactive ketones (excluding diaryl/α,β-unsaturated/α-hetero) is 1. The van der Waals surface area contributed by atoms with Gasteiger partial charge in [0.1, 0.15) is 5.75 Å². The number of hydrogen-bond acceptors (Lipinski definition) is 5. The predicted octanol–water partition coefficient (Wildman–Crippen LogP) is 4.27. The molecule has 0 radical (unpaired) electrons. The molecule has 0 saturated heterocycles. The maximum atomic E-state index is 12.2. The Labute approximate surface area is 130 Å². The molecule has 0 saturated carbocycles. The molecule has 1 aromatic carbocycles. The number of rotatable bonds is 5. The van der Waals surface area contributed by atoms with Crippen molar-refractivity contribution < 1.29 is 14.5 Å². The van der Waals surface area contributed by atoms with Crippen LogP contribution >= 0.6 is 22.9 Å². The lowest BCUT2D eigenvalue weighted by atomic mass is 10.2. The summed E-state index contributed by atoms with van der Waals surface area (Å²) in [5.41, 5.74) is 0.652. The molecule has 2 aromatic rings. The first-order valence-electron chi connectivity index (χ1n) is 6.09. The Kier molecular flexibility index (Phi) is 4.59. The van der Waals surface area contributed by atoms with Gasteiger partial charge in [0.05, 0.1) is 20.2 Å². The Bertz CT molecular complexity index is 698. The summed E-state index contributed by atoms with van der Waals surface area (Å²) in [7, 11) is 0. The molecule has 0 aliphatic rings. The van der Waals surface area contributed by atoms with Crippen LogP contribution in [0.2, 0.25) is 4.34 Å². The molecule has 1 atom stereocenters. The van der Waals surface area contributed by atoms with Gasteiger partial charge in [-0.25, -0.2) is 0 Å². The highest BCUT2D eigenvalue weighted by atomic mass is 35.5. The molecule has 21 heavy (non-hydrogen) atoms. The second-order valence-corrected chi connectivity index (χ2v) is 6.15. The van der Waals surface area contributed by atoms with E-state index in [0.717, 1.165) is 5.56 Å². The molecular weight excluding hydrogens is 314 g/mol. The van der Waals surface area contributed by atoms with E-state index >= 15 is 0 Å². The number of thiophene rings is 1. The summed E-state index contributed by atoms with van der Waals surface area (Å²) < 4.78 is 6.10. The summed E-state index contributed by atoms with van der Waals surface area (Å²) in [4.78, 5) is 23.0. The fraction of sp³-hybridized carbons (Fsp3) is 0.214. The molecule has 1 unspecified atom stereocenters. The van der Waals surface area contributed by atoms with Crippen molar-refractivity contribution in [2.75, 3.05) is 0 Å². The zero-order valence-electron chi connectivity index (χ0n) is 11.3. The summed E-state index contributed by atoms with van der Waals surface area (Å²) in [5, 5.41) is 10.8. The van der Waals surface area contributed by atoms with Gasteiger partial charge in [0, 0.05) is 6.07 Å². The Balaban J connectivity index is 2.19. The first kappa shape index (κ1) is 15.5. The topological polar surface area (TPSA) is 69.4 Å². The van der Waals surface area contributed by atoms with Crippen molar-refractivity contribution in [3.63, 3.8) is 0 Å². The van der Waals surface area contributed by atoms with E-state index in [-0.39, 0.29) is 11.5 Å². The number of non-ortho nitro benzene ring substituents is 1. The van der Waals surface area contributed by atoms with E-state index < -0.39 is 11.0 Å². The van der Waals surface area contributed by atoms with Gasteiger partial charge in [0.25, 0.3) is 5.69 Å². The van der Waals surface area contributed by atoms with E-state index in [2.05, 4.69) is 0 Å². The number of benzene rings is 1. The minimum Gasteiger partial charge on any atom is -0.482 e. The lowest BCUT2D eigenvalue weighted by Crippen LogP contribution is -2.23. The van der Waals surface area contributed by atoms with E-state index in [9.17, 15) is 14.9 Å². The van der Waals surface area contributed by atoms with Crippen molar-refractivity contribution in [1.82, 2.24) is 0 Å². The van der Waals surface area contributed by atoms with Crippen molar-refractivity contribution in [2.45, 2.75) is 20.0 Å². The number of hydrogen-bond donors (Lipinski definition) is 0. The van der Waals surface area contributed by atoms with Gasteiger partial charge in [-0.3, -0.25) is 14.9 Å². The molecule has 110 valence electrons. The predicted molar refractivity (Wildman–Crippen MR) is 81.6 cm³/mol. The van der Waals surface area contributed by atoms with Crippen LogP contribution in [0.3, 0.4) is 0 Å². The van der Waals surface area contributed by atoms with E-state index in [4.69, 9.17) is 16.3 Å². The zero-order valence-corrected chi connectivity index (χ0v) is 12.9. The van der Waals surface area contributed by atoms with E-state index in [1.807, 2.05) is 0 Å². The van der Waals surface area contributed by atoms with E-state index in [0.29, 0.717) is 15.0 Å². The fourth-order valence-electron chi connectivity index (χ4n) is 1.72. The van der Waals surface area contributed by atoms with Crippen LogP contribution in [-0.4, -0.2) is 16.8 Å². The molecule has 2 rings (SSSR count). The van der Waals surface area contributed by atoms with Gasteiger partial charge in [0.15, 0.2) is 6.10 Å². The fourth-order valence-corrected chi connectivity index (χ4v) is 2.78.